The number of nitro benzene ring substituents is 1. The molecule has 0 atom stereocenters. The minimum absolute atomic E-state index is 0.0688. The van der Waals surface area contributed by atoms with Gasteiger partial charge in [-0.1, -0.05) is 0 Å². The van der Waals surface area contributed by atoms with Crippen molar-refractivity contribution in [1.29, 1.82) is 0 Å². The Labute approximate surface area is 170 Å². The maximum Gasteiger partial charge on any atom is 0.270 e. The standard InChI is InChI=1S/C18H16N2O9S/c1-26-14-5-13-16(6-15(14)27-2)30(24,25)19(18(13)21)7-10-3-12(20(22)23)4-11-8-28-9-29-17(10)11/h3-6H,7-9H2,1-2H3. The first-order valence-corrected chi connectivity index (χ1v) is 10.1. The number of hydrogen-bond donors (Lipinski definition) is 0. The highest BCUT2D eigenvalue weighted by Gasteiger charge is 2.43. The van der Waals surface area contributed by atoms with E-state index in [9.17, 15) is 23.3 Å². The molecule has 0 aliphatic carbocycles. The molecule has 30 heavy (non-hydrogen) atoms. The van der Waals surface area contributed by atoms with Crippen LogP contribution in [0, 0.1) is 10.1 Å². The summed E-state index contributed by atoms with van der Waals surface area (Å²) in [6, 6.07) is 5.00. The van der Waals surface area contributed by atoms with Crippen LogP contribution in [0.25, 0.3) is 0 Å². The number of sulfonamides is 1. The van der Waals surface area contributed by atoms with Crippen LogP contribution >= 0.6 is 0 Å². The summed E-state index contributed by atoms with van der Waals surface area (Å²) in [4.78, 5) is 23.4. The fourth-order valence-electron chi connectivity index (χ4n) is 3.42. The van der Waals surface area contributed by atoms with Gasteiger partial charge >= 0.3 is 0 Å². The van der Waals surface area contributed by atoms with Gasteiger partial charge in [0.2, 0.25) is 0 Å². The molecule has 2 aliphatic rings. The van der Waals surface area contributed by atoms with Crippen LogP contribution in [0.5, 0.6) is 17.2 Å². The van der Waals surface area contributed by atoms with E-state index in [2.05, 4.69) is 0 Å². The normalized spacial score (nSPS) is 16.5. The Kier molecular flexibility index (Phi) is 4.74. The topological polar surface area (TPSA) is 135 Å². The molecule has 2 aromatic carbocycles. The van der Waals surface area contributed by atoms with Crippen LogP contribution in [-0.2, 0) is 27.9 Å². The molecule has 0 radical (unpaired) electrons. The smallest absolute Gasteiger partial charge is 0.270 e. The van der Waals surface area contributed by atoms with E-state index in [1.807, 2.05) is 0 Å². The quantitative estimate of drug-likeness (QED) is 0.508. The second-order valence-corrected chi connectivity index (χ2v) is 8.31. The van der Waals surface area contributed by atoms with E-state index in [-0.39, 0.29) is 52.4 Å². The van der Waals surface area contributed by atoms with Crippen LogP contribution in [0.3, 0.4) is 0 Å². The summed E-state index contributed by atoms with van der Waals surface area (Å²) in [5.74, 6) is -0.156. The van der Waals surface area contributed by atoms with Gasteiger partial charge in [0.1, 0.15) is 10.6 Å². The van der Waals surface area contributed by atoms with Gasteiger partial charge in [-0.15, -0.1) is 0 Å². The van der Waals surface area contributed by atoms with E-state index in [4.69, 9.17) is 18.9 Å². The van der Waals surface area contributed by atoms with E-state index < -0.39 is 27.4 Å². The van der Waals surface area contributed by atoms with E-state index in [1.165, 1.54) is 38.5 Å². The number of nitrogens with zero attached hydrogens (tertiary/aromatic N) is 2. The summed E-state index contributed by atoms with van der Waals surface area (Å²) in [5, 5.41) is 11.3. The molecule has 0 N–H and O–H groups in total. The van der Waals surface area contributed by atoms with Gasteiger partial charge in [0.25, 0.3) is 21.6 Å². The number of ether oxygens (including phenoxy) is 4. The van der Waals surface area contributed by atoms with Gasteiger partial charge in [0, 0.05) is 29.3 Å². The van der Waals surface area contributed by atoms with E-state index in [0.717, 1.165) is 0 Å². The number of rotatable bonds is 5. The van der Waals surface area contributed by atoms with Crippen LogP contribution in [0.1, 0.15) is 21.5 Å². The van der Waals surface area contributed by atoms with Crippen molar-refractivity contribution in [2.75, 3.05) is 21.0 Å². The fourth-order valence-corrected chi connectivity index (χ4v) is 4.96. The number of non-ortho nitro benzene ring substituents is 1. The molecule has 0 saturated heterocycles. The number of nitro groups is 1. The van der Waals surface area contributed by atoms with Crippen molar-refractivity contribution in [3.8, 4) is 17.2 Å². The average molecular weight is 436 g/mol. The molecule has 0 aromatic heterocycles. The maximum atomic E-state index is 13.1. The lowest BCUT2D eigenvalue weighted by atomic mass is 10.1. The Balaban J connectivity index is 1.80. The van der Waals surface area contributed by atoms with Crippen molar-refractivity contribution < 1.29 is 37.1 Å². The van der Waals surface area contributed by atoms with Crippen LogP contribution in [0.4, 0.5) is 5.69 Å². The molecule has 0 bridgehead atoms. The number of amides is 1. The summed E-state index contributed by atoms with van der Waals surface area (Å²) >= 11 is 0. The molecular weight excluding hydrogens is 420 g/mol. The van der Waals surface area contributed by atoms with E-state index in [1.54, 1.807) is 0 Å². The second kappa shape index (κ2) is 7.15. The molecular formula is C18H16N2O9S. The molecule has 2 aliphatic heterocycles. The van der Waals surface area contributed by atoms with Gasteiger partial charge < -0.3 is 18.9 Å². The average Bonchev–Trinajstić information content (AvgIpc) is 2.92. The Morgan fingerprint density at radius 3 is 2.53 bits per heavy atom. The third-order valence-electron chi connectivity index (χ3n) is 4.81. The molecule has 0 fully saturated rings. The molecule has 158 valence electrons. The Morgan fingerprint density at radius 1 is 1.17 bits per heavy atom. The van der Waals surface area contributed by atoms with Crippen molar-refractivity contribution in [2.24, 2.45) is 0 Å². The minimum Gasteiger partial charge on any atom is -0.493 e. The highest BCUT2D eigenvalue weighted by Crippen LogP contribution is 2.41. The summed E-state index contributed by atoms with van der Waals surface area (Å²) < 4.78 is 47.6. The van der Waals surface area contributed by atoms with Gasteiger partial charge in [0.15, 0.2) is 18.3 Å². The molecule has 0 spiro atoms. The van der Waals surface area contributed by atoms with Gasteiger partial charge in [-0.25, -0.2) is 12.7 Å². The second-order valence-electron chi connectivity index (χ2n) is 6.48. The van der Waals surface area contributed by atoms with Gasteiger partial charge in [-0.05, 0) is 6.07 Å². The van der Waals surface area contributed by atoms with Crippen molar-refractivity contribution in [1.82, 2.24) is 4.31 Å². The van der Waals surface area contributed by atoms with Crippen LogP contribution in [-0.4, -0.2) is 44.6 Å². The molecule has 0 unspecified atom stereocenters. The SMILES string of the molecule is COc1cc2c(cc1OC)S(=O)(=O)N(Cc1cc([N+](=O)[O-])cc3c1OCOC3)C2=O. The van der Waals surface area contributed by atoms with Gasteiger partial charge in [0.05, 0.1) is 37.9 Å². The zero-order chi connectivity index (χ0) is 21.6. The minimum atomic E-state index is -4.22. The third-order valence-corrected chi connectivity index (χ3v) is 6.58. The first-order chi connectivity index (χ1) is 14.3. The Bertz CT molecular complexity index is 1180. The lowest BCUT2D eigenvalue weighted by molar-refractivity contribution is -0.385. The van der Waals surface area contributed by atoms with Crippen molar-refractivity contribution >= 4 is 21.6 Å². The largest absolute Gasteiger partial charge is 0.493 e. The zero-order valence-corrected chi connectivity index (χ0v) is 16.7. The highest BCUT2D eigenvalue weighted by molar-refractivity contribution is 7.90. The Hall–Kier alpha value is -3.38. The van der Waals surface area contributed by atoms with Crippen molar-refractivity contribution in [3.63, 3.8) is 0 Å². The maximum absolute atomic E-state index is 13.1. The van der Waals surface area contributed by atoms with Gasteiger partial charge in [-0.2, -0.15) is 0 Å². The predicted octanol–water partition coefficient (Wildman–Crippen LogP) is 1.82. The van der Waals surface area contributed by atoms with E-state index in [0.29, 0.717) is 9.87 Å². The van der Waals surface area contributed by atoms with Crippen LogP contribution in [0.15, 0.2) is 29.2 Å². The fraction of sp³-hybridized carbons (Fsp3) is 0.278. The first-order valence-electron chi connectivity index (χ1n) is 8.61. The zero-order valence-electron chi connectivity index (χ0n) is 15.9. The van der Waals surface area contributed by atoms with Gasteiger partial charge in [-0.3, -0.25) is 14.9 Å². The number of carbonyl (C=O) groups is 1. The predicted molar refractivity (Wildman–Crippen MR) is 100.0 cm³/mol. The lowest BCUT2D eigenvalue weighted by Crippen LogP contribution is -2.30. The first kappa shape index (κ1) is 19.9. The highest BCUT2D eigenvalue weighted by atomic mass is 32.2. The molecule has 1 amide bonds. The molecule has 2 aromatic rings. The van der Waals surface area contributed by atoms with Crippen LogP contribution in [0.2, 0.25) is 0 Å². The third kappa shape index (κ3) is 3.00. The number of carbonyl (C=O) groups excluding carboxylic acids is 1. The number of fused-ring (bicyclic) bond motifs is 2. The summed E-state index contributed by atoms with van der Waals surface area (Å²) in [7, 11) is -1.51. The Morgan fingerprint density at radius 2 is 1.87 bits per heavy atom. The lowest BCUT2D eigenvalue weighted by Gasteiger charge is -2.22. The number of methoxy groups -OCH3 is 2. The van der Waals surface area contributed by atoms with E-state index >= 15 is 0 Å². The number of benzene rings is 2. The monoisotopic (exact) mass is 436 g/mol. The molecule has 2 heterocycles. The summed E-state index contributed by atoms with van der Waals surface area (Å²) in [6.45, 7) is -0.461. The van der Waals surface area contributed by atoms with Crippen LogP contribution < -0.4 is 14.2 Å². The molecule has 4 rings (SSSR count). The van der Waals surface area contributed by atoms with Crippen molar-refractivity contribution in [2.45, 2.75) is 18.0 Å². The molecule has 12 heteroatoms. The molecule has 0 saturated carbocycles. The van der Waals surface area contributed by atoms with Crippen molar-refractivity contribution in [3.05, 3.63) is 51.1 Å². The summed E-state index contributed by atoms with van der Waals surface area (Å²) in [6.07, 6.45) is 0. The number of hydrogen-bond acceptors (Lipinski definition) is 9. The molecule has 11 nitrogen and oxygen atoms in total. The summed E-state index contributed by atoms with van der Waals surface area (Å²) in [5.41, 5.74) is 0.250.